The molecule has 156 valence electrons. The van der Waals surface area contributed by atoms with E-state index in [2.05, 4.69) is 27.4 Å². The molecule has 2 N–H and O–H groups in total. The predicted octanol–water partition coefficient (Wildman–Crippen LogP) is 4.94. The Kier molecular flexibility index (Phi) is 6.56. The van der Waals surface area contributed by atoms with Crippen molar-refractivity contribution in [1.29, 1.82) is 0 Å². The standard InChI is InChI=1S/C22H24N4O2S2/c1-15-8-10-26(11-9-15)13-16-14-30-22(23-16)25-20(27)17-5-2-3-6-18(17)24-21(28)19-7-4-12-29-19/h2-7,12,14-15H,8-11,13H2,1H3,(H,24,28)(H,23,25,27). The van der Waals surface area contributed by atoms with Crippen LogP contribution in [0.15, 0.2) is 47.2 Å². The molecule has 3 aromatic rings. The van der Waals surface area contributed by atoms with Crippen molar-refractivity contribution in [3.8, 4) is 0 Å². The lowest BCUT2D eigenvalue weighted by molar-refractivity contribution is 0.102. The fourth-order valence-electron chi connectivity index (χ4n) is 3.43. The van der Waals surface area contributed by atoms with E-state index in [4.69, 9.17) is 0 Å². The molecule has 0 aliphatic carbocycles. The maximum absolute atomic E-state index is 12.8. The average molecular weight is 441 g/mol. The molecular weight excluding hydrogens is 416 g/mol. The molecule has 2 aromatic heterocycles. The minimum atomic E-state index is -0.287. The second-order valence-electron chi connectivity index (χ2n) is 7.53. The highest BCUT2D eigenvalue weighted by atomic mass is 32.1. The van der Waals surface area contributed by atoms with Gasteiger partial charge in [0.15, 0.2) is 5.13 Å². The van der Waals surface area contributed by atoms with E-state index in [-0.39, 0.29) is 11.8 Å². The van der Waals surface area contributed by atoms with E-state index < -0.39 is 0 Å². The van der Waals surface area contributed by atoms with Crippen molar-refractivity contribution in [3.05, 3.63) is 63.3 Å². The lowest BCUT2D eigenvalue weighted by Gasteiger charge is -2.29. The summed E-state index contributed by atoms with van der Waals surface area (Å²) >= 11 is 2.78. The van der Waals surface area contributed by atoms with Gasteiger partial charge >= 0.3 is 0 Å². The molecule has 30 heavy (non-hydrogen) atoms. The van der Waals surface area contributed by atoms with Crippen LogP contribution in [0.5, 0.6) is 0 Å². The van der Waals surface area contributed by atoms with Crippen LogP contribution in [0, 0.1) is 5.92 Å². The van der Waals surface area contributed by atoms with Gasteiger partial charge in [0, 0.05) is 11.9 Å². The second kappa shape index (κ2) is 9.51. The highest BCUT2D eigenvalue weighted by molar-refractivity contribution is 7.14. The number of carbonyl (C=O) groups is 2. The molecule has 0 spiro atoms. The lowest BCUT2D eigenvalue weighted by Crippen LogP contribution is -2.32. The van der Waals surface area contributed by atoms with E-state index in [0.717, 1.165) is 31.2 Å². The first-order valence-corrected chi connectivity index (χ1v) is 11.8. The van der Waals surface area contributed by atoms with Crippen molar-refractivity contribution >= 4 is 45.3 Å². The Morgan fingerprint density at radius 2 is 1.87 bits per heavy atom. The predicted molar refractivity (Wildman–Crippen MR) is 122 cm³/mol. The number of thiophene rings is 1. The number of benzene rings is 1. The number of likely N-dealkylation sites (tertiary alicyclic amines) is 1. The van der Waals surface area contributed by atoms with Gasteiger partial charge in [0.05, 0.1) is 21.8 Å². The van der Waals surface area contributed by atoms with Gasteiger partial charge < -0.3 is 5.32 Å². The van der Waals surface area contributed by atoms with Crippen LogP contribution in [0.1, 0.15) is 45.5 Å². The fourth-order valence-corrected chi connectivity index (χ4v) is 4.75. The average Bonchev–Trinajstić information content (AvgIpc) is 3.42. The molecule has 1 aromatic carbocycles. The van der Waals surface area contributed by atoms with E-state index in [9.17, 15) is 9.59 Å². The number of carbonyl (C=O) groups excluding carboxylic acids is 2. The zero-order chi connectivity index (χ0) is 20.9. The zero-order valence-electron chi connectivity index (χ0n) is 16.8. The van der Waals surface area contributed by atoms with Crippen molar-refractivity contribution < 1.29 is 9.59 Å². The number of piperidine rings is 1. The van der Waals surface area contributed by atoms with Crippen molar-refractivity contribution in [1.82, 2.24) is 9.88 Å². The van der Waals surface area contributed by atoms with E-state index in [1.54, 1.807) is 30.3 Å². The van der Waals surface area contributed by atoms with Gasteiger partial charge in [-0.2, -0.15) is 0 Å². The van der Waals surface area contributed by atoms with Crippen LogP contribution in [-0.2, 0) is 6.54 Å². The van der Waals surface area contributed by atoms with Crippen LogP contribution in [0.4, 0.5) is 10.8 Å². The number of aromatic nitrogens is 1. The molecule has 1 saturated heterocycles. The Morgan fingerprint density at radius 1 is 1.07 bits per heavy atom. The zero-order valence-corrected chi connectivity index (χ0v) is 18.4. The normalized spacial score (nSPS) is 15.1. The van der Waals surface area contributed by atoms with Crippen LogP contribution in [-0.4, -0.2) is 34.8 Å². The summed E-state index contributed by atoms with van der Waals surface area (Å²) in [5.74, 6) is 0.286. The Balaban J connectivity index is 1.40. The number of hydrogen-bond acceptors (Lipinski definition) is 6. The summed E-state index contributed by atoms with van der Waals surface area (Å²) in [6, 6.07) is 10.6. The first kappa shape index (κ1) is 20.7. The molecule has 0 bridgehead atoms. The third-order valence-corrected chi connectivity index (χ3v) is 6.87. The van der Waals surface area contributed by atoms with E-state index in [0.29, 0.717) is 21.3 Å². The molecule has 1 aliphatic rings. The third-order valence-electron chi connectivity index (χ3n) is 5.20. The maximum atomic E-state index is 12.8. The van der Waals surface area contributed by atoms with Gasteiger partial charge in [0.2, 0.25) is 0 Å². The molecule has 8 heteroatoms. The summed E-state index contributed by atoms with van der Waals surface area (Å²) in [5.41, 5.74) is 1.86. The molecule has 2 amide bonds. The van der Waals surface area contributed by atoms with Crippen molar-refractivity contribution in [3.63, 3.8) is 0 Å². The number of nitrogens with zero attached hydrogens (tertiary/aromatic N) is 2. The minimum absolute atomic E-state index is 0.224. The number of rotatable bonds is 6. The summed E-state index contributed by atoms with van der Waals surface area (Å²) in [6.07, 6.45) is 2.45. The highest BCUT2D eigenvalue weighted by Crippen LogP contribution is 2.23. The molecule has 4 rings (SSSR count). The van der Waals surface area contributed by atoms with Crippen LogP contribution < -0.4 is 10.6 Å². The number of anilines is 2. The van der Waals surface area contributed by atoms with Gasteiger partial charge in [0.1, 0.15) is 0 Å². The van der Waals surface area contributed by atoms with Crippen LogP contribution in [0.3, 0.4) is 0 Å². The first-order chi connectivity index (χ1) is 14.6. The number of para-hydroxylation sites is 1. The van der Waals surface area contributed by atoms with Gasteiger partial charge in [-0.1, -0.05) is 25.1 Å². The van der Waals surface area contributed by atoms with Crippen molar-refractivity contribution in [2.24, 2.45) is 5.92 Å². The van der Waals surface area contributed by atoms with Crippen molar-refractivity contribution in [2.45, 2.75) is 26.3 Å². The van der Waals surface area contributed by atoms with E-state index >= 15 is 0 Å². The van der Waals surface area contributed by atoms with Gasteiger partial charge in [-0.15, -0.1) is 22.7 Å². The SMILES string of the molecule is CC1CCN(Cc2csc(NC(=O)c3ccccc3NC(=O)c3cccs3)n2)CC1. The van der Waals surface area contributed by atoms with Crippen LogP contribution in [0.2, 0.25) is 0 Å². The second-order valence-corrected chi connectivity index (χ2v) is 9.34. The van der Waals surface area contributed by atoms with Crippen LogP contribution in [0.25, 0.3) is 0 Å². The molecule has 3 heterocycles. The fraction of sp³-hybridized carbons (Fsp3) is 0.318. The molecule has 0 atom stereocenters. The minimum Gasteiger partial charge on any atom is -0.321 e. The monoisotopic (exact) mass is 440 g/mol. The topological polar surface area (TPSA) is 74.3 Å². The van der Waals surface area contributed by atoms with Gasteiger partial charge in [-0.05, 0) is 55.4 Å². The number of amides is 2. The summed E-state index contributed by atoms with van der Waals surface area (Å²) < 4.78 is 0. The van der Waals surface area contributed by atoms with Gasteiger partial charge in [0.25, 0.3) is 11.8 Å². The van der Waals surface area contributed by atoms with E-state index in [1.807, 2.05) is 16.8 Å². The lowest BCUT2D eigenvalue weighted by atomic mass is 9.99. The number of nitrogens with one attached hydrogen (secondary N) is 2. The molecule has 0 unspecified atom stereocenters. The van der Waals surface area contributed by atoms with E-state index in [1.165, 1.54) is 35.5 Å². The molecule has 6 nitrogen and oxygen atoms in total. The van der Waals surface area contributed by atoms with Gasteiger partial charge in [-0.25, -0.2) is 4.98 Å². The highest BCUT2D eigenvalue weighted by Gasteiger charge is 2.18. The molecule has 1 fully saturated rings. The maximum Gasteiger partial charge on any atom is 0.265 e. The molecule has 1 aliphatic heterocycles. The Morgan fingerprint density at radius 3 is 2.63 bits per heavy atom. The summed E-state index contributed by atoms with van der Waals surface area (Å²) in [7, 11) is 0. The van der Waals surface area contributed by atoms with Gasteiger partial charge in [-0.3, -0.25) is 19.8 Å². The molecule has 0 radical (unpaired) electrons. The number of thiazole rings is 1. The Labute approximate surface area is 184 Å². The Hall–Kier alpha value is -2.55. The first-order valence-electron chi connectivity index (χ1n) is 10.0. The quantitative estimate of drug-likeness (QED) is 0.569. The smallest absolute Gasteiger partial charge is 0.265 e. The molecular formula is C22H24N4O2S2. The summed E-state index contributed by atoms with van der Waals surface area (Å²) in [6.45, 7) is 5.30. The molecule has 0 saturated carbocycles. The number of hydrogen-bond donors (Lipinski definition) is 2. The summed E-state index contributed by atoms with van der Waals surface area (Å²) in [5, 5.41) is 10.1. The Bertz CT molecular complexity index is 1010. The van der Waals surface area contributed by atoms with Crippen molar-refractivity contribution in [2.75, 3.05) is 23.7 Å². The largest absolute Gasteiger partial charge is 0.321 e. The van der Waals surface area contributed by atoms with Crippen LogP contribution >= 0.6 is 22.7 Å². The third kappa shape index (κ3) is 5.13. The summed E-state index contributed by atoms with van der Waals surface area (Å²) in [4.78, 5) is 32.8.